The fourth-order valence-electron chi connectivity index (χ4n) is 1.89. The molecule has 1 N–H and O–H groups in total. The van der Waals surface area contributed by atoms with E-state index in [0.29, 0.717) is 5.69 Å². The summed E-state index contributed by atoms with van der Waals surface area (Å²) in [5.41, 5.74) is 2.43. The van der Waals surface area contributed by atoms with Crippen LogP contribution >= 0.6 is 0 Å². The van der Waals surface area contributed by atoms with Crippen LogP contribution in [0.15, 0.2) is 42.6 Å². The molecule has 0 fully saturated rings. The number of benzene rings is 1. The van der Waals surface area contributed by atoms with Crippen LogP contribution in [0.2, 0.25) is 0 Å². The maximum absolute atomic E-state index is 13.8. The largest absolute Gasteiger partial charge is 0.342 e. The predicted molar refractivity (Wildman–Crippen MR) is 76.1 cm³/mol. The van der Waals surface area contributed by atoms with Gasteiger partial charge in [0.2, 0.25) is 0 Å². The first-order valence-electron chi connectivity index (χ1n) is 6.36. The van der Waals surface area contributed by atoms with Gasteiger partial charge in [0.15, 0.2) is 0 Å². The molecule has 3 nitrogen and oxygen atoms in total. The average Bonchev–Trinajstić information content (AvgIpc) is 2.45. The summed E-state index contributed by atoms with van der Waals surface area (Å²) in [7, 11) is 1.85. The normalized spacial score (nSPS) is 10.5. The van der Waals surface area contributed by atoms with E-state index in [1.165, 1.54) is 6.07 Å². The molecule has 0 bridgehead atoms. The number of halogens is 1. The summed E-state index contributed by atoms with van der Waals surface area (Å²) in [6.07, 6.45) is 1.75. The molecule has 1 heterocycles. The number of rotatable bonds is 5. The van der Waals surface area contributed by atoms with Crippen molar-refractivity contribution in [2.45, 2.75) is 13.5 Å². The Morgan fingerprint density at radius 1 is 1.26 bits per heavy atom. The first-order valence-corrected chi connectivity index (χ1v) is 6.36. The zero-order chi connectivity index (χ0) is 13.7. The molecule has 0 radical (unpaired) electrons. The van der Waals surface area contributed by atoms with Gasteiger partial charge in [0.25, 0.3) is 0 Å². The molecular formula is C15H18FN3. The van der Waals surface area contributed by atoms with Crippen molar-refractivity contribution >= 4 is 11.4 Å². The van der Waals surface area contributed by atoms with Gasteiger partial charge in [-0.15, -0.1) is 0 Å². The van der Waals surface area contributed by atoms with Crippen molar-refractivity contribution in [3.05, 3.63) is 54.1 Å². The van der Waals surface area contributed by atoms with E-state index in [9.17, 15) is 4.39 Å². The van der Waals surface area contributed by atoms with Crippen LogP contribution in [0.3, 0.4) is 0 Å². The van der Waals surface area contributed by atoms with Crippen molar-refractivity contribution in [1.29, 1.82) is 0 Å². The number of para-hydroxylation sites is 1. The SMILES string of the molecule is CCNCc1cc(N(C)c2ccccc2F)ccn1. The van der Waals surface area contributed by atoms with Crippen LogP contribution in [0.1, 0.15) is 12.6 Å². The van der Waals surface area contributed by atoms with E-state index in [4.69, 9.17) is 0 Å². The van der Waals surface area contributed by atoms with Crippen molar-refractivity contribution in [2.75, 3.05) is 18.5 Å². The Morgan fingerprint density at radius 3 is 2.79 bits per heavy atom. The molecule has 2 rings (SSSR count). The highest BCUT2D eigenvalue weighted by Crippen LogP contribution is 2.25. The average molecular weight is 259 g/mol. The molecule has 4 heteroatoms. The highest BCUT2D eigenvalue weighted by Gasteiger charge is 2.09. The van der Waals surface area contributed by atoms with Crippen LogP contribution in [0, 0.1) is 5.82 Å². The third-order valence-corrected chi connectivity index (χ3v) is 2.96. The molecule has 0 saturated carbocycles. The molecule has 0 aliphatic rings. The van der Waals surface area contributed by atoms with Gasteiger partial charge in [-0.1, -0.05) is 19.1 Å². The summed E-state index contributed by atoms with van der Waals surface area (Å²) in [6.45, 7) is 3.67. The predicted octanol–water partition coefficient (Wildman–Crippen LogP) is 3.10. The lowest BCUT2D eigenvalue weighted by Crippen LogP contribution is -2.15. The Bertz CT molecular complexity index is 542. The molecule has 19 heavy (non-hydrogen) atoms. The van der Waals surface area contributed by atoms with Crippen molar-refractivity contribution in [3.8, 4) is 0 Å². The molecule has 0 unspecified atom stereocenters. The van der Waals surface area contributed by atoms with Crippen LogP contribution in [-0.4, -0.2) is 18.6 Å². The Morgan fingerprint density at radius 2 is 2.05 bits per heavy atom. The first kappa shape index (κ1) is 13.5. The molecule has 0 aliphatic carbocycles. The van der Waals surface area contributed by atoms with Crippen molar-refractivity contribution < 1.29 is 4.39 Å². The number of aromatic nitrogens is 1. The van der Waals surface area contributed by atoms with Gasteiger partial charge in [-0.25, -0.2) is 4.39 Å². The van der Waals surface area contributed by atoms with Gasteiger partial charge in [0.1, 0.15) is 5.82 Å². The van der Waals surface area contributed by atoms with Crippen LogP contribution in [0.25, 0.3) is 0 Å². The highest BCUT2D eigenvalue weighted by atomic mass is 19.1. The standard InChI is InChI=1S/C15H18FN3/c1-3-17-11-12-10-13(8-9-18-12)19(2)15-7-5-4-6-14(15)16/h4-10,17H,3,11H2,1-2H3. The van der Waals surface area contributed by atoms with E-state index in [1.807, 2.05) is 30.1 Å². The van der Waals surface area contributed by atoms with Gasteiger partial charge in [0.05, 0.1) is 11.4 Å². The number of nitrogens with zero attached hydrogens (tertiary/aromatic N) is 2. The van der Waals surface area contributed by atoms with Crippen LogP contribution in [0.4, 0.5) is 15.8 Å². The fraction of sp³-hybridized carbons (Fsp3) is 0.267. The molecule has 2 aromatic rings. The quantitative estimate of drug-likeness (QED) is 0.894. The minimum Gasteiger partial charge on any atom is -0.342 e. The third-order valence-electron chi connectivity index (χ3n) is 2.96. The second-order valence-electron chi connectivity index (χ2n) is 4.30. The van der Waals surface area contributed by atoms with E-state index in [1.54, 1.807) is 18.3 Å². The van der Waals surface area contributed by atoms with Crippen molar-refractivity contribution in [3.63, 3.8) is 0 Å². The van der Waals surface area contributed by atoms with Gasteiger partial charge >= 0.3 is 0 Å². The van der Waals surface area contributed by atoms with Gasteiger partial charge < -0.3 is 10.2 Å². The number of hydrogen-bond acceptors (Lipinski definition) is 3. The smallest absolute Gasteiger partial charge is 0.146 e. The lowest BCUT2D eigenvalue weighted by atomic mass is 10.2. The molecule has 100 valence electrons. The summed E-state index contributed by atoms with van der Waals surface area (Å²) in [4.78, 5) is 6.12. The Kier molecular flexibility index (Phi) is 4.47. The summed E-state index contributed by atoms with van der Waals surface area (Å²) >= 11 is 0. The minimum atomic E-state index is -0.227. The van der Waals surface area contributed by atoms with E-state index in [2.05, 4.69) is 17.2 Å². The molecular weight excluding hydrogens is 241 g/mol. The molecule has 1 aromatic carbocycles. The van der Waals surface area contributed by atoms with Crippen LogP contribution < -0.4 is 10.2 Å². The van der Waals surface area contributed by atoms with E-state index < -0.39 is 0 Å². The van der Waals surface area contributed by atoms with E-state index >= 15 is 0 Å². The molecule has 0 spiro atoms. The van der Waals surface area contributed by atoms with E-state index in [0.717, 1.165) is 24.5 Å². The summed E-state index contributed by atoms with van der Waals surface area (Å²) in [5.74, 6) is -0.227. The van der Waals surface area contributed by atoms with Gasteiger partial charge in [0, 0.05) is 25.5 Å². The van der Waals surface area contributed by atoms with Gasteiger partial charge in [-0.05, 0) is 30.8 Å². The minimum absolute atomic E-state index is 0.227. The summed E-state index contributed by atoms with van der Waals surface area (Å²) in [6, 6.07) is 10.6. The number of pyridine rings is 1. The van der Waals surface area contributed by atoms with Crippen LogP contribution in [0.5, 0.6) is 0 Å². The Hall–Kier alpha value is -1.94. The Balaban J connectivity index is 2.24. The second kappa shape index (κ2) is 6.29. The monoisotopic (exact) mass is 259 g/mol. The zero-order valence-electron chi connectivity index (χ0n) is 11.2. The molecule has 0 aliphatic heterocycles. The third kappa shape index (κ3) is 3.29. The van der Waals surface area contributed by atoms with Gasteiger partial charge in [-0.3, -0.25) is 4.98 Å². The first-order chi connectivity index (χ1) is 9.22. The lowest BCUT2D eigenvalue weighted by molar-refractivity contribution is 0.627. The zero-order valence-corrected chi connectivity index (χ0v) is 11.2. The summed E-state index contributed by atoms with van der Waals surface area (Å²) < 4.78 is 13.8. The molecule has 0 amide bonds. The molecule has 0 saturated heterocycles. The lowest BCUT2D eigenvalue weighted by Gasteiger charge is -2.20. The van der Waals surface area contributed by atoms with Gasteiger partial charge in [-0.2, -0.15) is 0 Å². The Labute approximate surface area is 113 Å². The van der Waals surface area contributed by atoms with E-state index in [-0.39, 0.29) is 5.82 Å². The number of nitrogens with one attached hydrogen (secondary N) is 1. The highest BCUT2D eigenvalue weighted by molar-refractivity contribution is 5.62. The number of hydrogen-bond donors (Lipinski definition) is 1. The summed E-state index contributed by atoms with van der Waals surface area (Å²) in [5, 5.41) is 3.23. The maximum atomic E-state index is 13.8. The second-order valence-corrected chi connectivity index (χ2v) is 4.30. The van der Waals surface area contributed by atoms with Crippen molar-refractivity contribution in [1.82, 2.24) is 10.3 Å². The fourth-order valence-corrected chi connectivity index (χ4v) is 1.89. The maximum Gasteiger partial charge on any atom is 0.146 e. The molecule has 0 atom stereocenters. The topological polar surface area (TPSA) is 28.2 Å². The molecule has 1 aromatic heterocycles. The van der Waals surface area contributed by atoms with Crippen molar-refractivity contribution in [2.24, 2.45) is 0 Å². The van der Waals surface area contributed by atoms with Crippen LogP contribution in [-0.2, 0) is 6.54 Å². The number of anilines is 2.